The molecule has 8 nitrogen and oxygen atoms in total. The van der Waals surface area contributed by atoms with Gasteiger partial charge in [0.25, 0.3) is 6.29 Å². The van der Waals surface area contributed by atoms with Crippen molar-refractivity contribution in [3.63, 3.8) is 0 Å². The second-order valence-electron chi connectivity index (χ2n) is 2.90. The number of rotatable bonds is 6. The molecule has 1 atom stereocenters. The van der Waals surface area contributed by atoms with E-state index in [1.165, 1.54) is 0 Å². The summed E-state index contributed by atoms with van der Waals surface area (Å²) in [6.45, 7) is 0.427. The lowest BCUT2D eigenvalue weighted by molar-refractivity contribution is -0.361. The quantitative estimate of drug-likeness (QED) is 0.459. The first-order chi connectivity index (χ1) is 7.08. The van der Waals surface area contributed by atoms with E-state index in [1.807, 2.05) is 0 Å². The Morgan fingerprint density at radius 3 is 2.60 bits per heavy atom. The Bertz CT molecular complexity index is 270. The van der Waals surface area contributed by atoms with Gasteiger partial charge in [0.1, 0.15) is 0 Å². The van der Waals surface area contributed by atoms with Crippen LogP contribution in [-0.2, 0) is 27.6 Å². The van der Waals surface area contributed by atoms with Crippen molar-refractivity contribution in [3.05, 3.63) is 0 Å². The molecule has 3 aliphatic rings. The van der Waals surface area contributed by atoms with E-state index in [4.69, 9.17) is 14.6 Å². The Kier molecular flexibility index (Phi) is 3.11. The number of phosphoric ester groups is 1. The number of fused-ring (bicyclic) bond motifs is 1. The van der Waals surface area contributed by atoms with Gasteiger partial charge in [0.15, 0.2) is 0 Å². The van der Waals surface area contributed by atoms with Crippen LogP contribution in [0.25, 0.3) is 0 Å². The topological polar surface area (TPSA) is 104 Å². The van der Waals surface area contributed by atoms with Crippen LogP contribution in [0.1, 0.15) is 0 Å². The molecule has 3 aliphatic heterocycles. The molecule has 15 heavy (non-hydrogen) atoms. The fraction of sp³-hybridized carbons (Fsp3) is 1.00. The van der Waals surface area contributed by atoms with Crippen LogP contribution in [0.5, 0.6) is 0 Å². The average molecular weight is 242 g/mol. The third kappa shape index (κ3) is 2.22. The molecule has 0 aromatic rings. The first-order valence-electron chi connectivity index (χ1n) is 4.30. The maximum atomic E-state index is 11.1. The summed E-state index contributed by atoms with van der Waals surface area (Å²) in [7, 11) is -3.54. The highest BCUT2D eigenvalue weighted by molar-refractivity contribution is 7.50. The maximum absolute atomic E-state index is 11.1. The minimum atomic E-state index is -3.54. The van der Waals surface area contributed by atoms with Crippen molar-refractivity contribution >= 4 is 7.82 Å². The third-order valence-electron chi connectivity index (χ3n) is 1.74. The molecule has 0 saturated carbocycles. The first kappa shape index (κ1) is 11.4. The molecular formula is C6H11O8P. The van der Waals surface area contributed by atoms with E-state index in [1.54, 1.807) is 0 Å². The van der Waals surface area contributed by atoms with E-state index in [0.717, 1.165) is 0 Å². The minimum Gasteiger partial charge on any atom is -0.394 e. The van der Waals surface area contributed by atoms with Gasteiger partial charge in [-0.2, -0.15) is 0 Å². The maximum Gasteiger partial charge on any atom is 0.486 e. The number of hydrogen-bond donors (Lipinski definition) is 2. The smallest absolute Gasteiger partial charge is 0.394 e. The van der Waals surface area contributed by atoms with Crippen LogP contribution in [-0.4, -0.2) is 48.9 Å². The van der Waals surface area contributed by atoms with Crippen LogP contribution >= 0.6 is 7.82 Å². The van der Waals surface area contributed by atoms with Gasteiger partial charge in [0.05, 0.1) is 26.4 Å². The van der Waals surface area contributed by atoms with Gasteiger partial charge >= 0.3 is 13.8 Å². The monoisotopic (exact) mass is 242 g/mol. The molecule has 3 fully saturated rings. The summed E-state index contributed by atoms with van der Waals surface area (Å²) in [5.41, 5.74) is 0. The van der Waals surface area contributed by atoms with Crippen molar-refractivity contribution in [2.75, 3.05) is 26.4 Å². The minimum absolute atomic E-state index is 0.0781. The zero-order valence-electron chi connectivity index (χ0n) is 7.70. The molecule has 0 amide bonds. The zero-order chi connectivity index (χ0) is 10.9. The van der Waals surface area contributed by atoms with Crippen LogP contribution in [0.4, 0.5) is 0 Å². The van der Waals surface area contributed by atoms with Gasteiger partial charge in [-0.15, -0.1) is 0 Å². The van der Waals surface area contributed by atoms with Crippen molar-refractivity contribution in [3.8, 4) is 0 Å². The van der Waals surface area contributed by atoms with Crippen molar-refractivity contribution in [2.24, 2.45) is 0 Å². The summed E-state index contributed by atoms with van der Waals surface area (Å²) in [6.07, 6.45) is -1.22. The zero-order valence-corrected chi connectivity index (χ0v) is 8.59. The second kappa shape index (κ2) is 4.08. The number of aliphatic hydroxyl groups excluding tert-OH is 1. The van der Waals surface area contributed by atoms with E-state index in [0.29, 0.717) is 0 Å². The van der Waals surface area contributed by atoms with Crippen LogP contribution in [0.15, 0.2) is 0 Å². The molecule has 0 aromatic heterocycles. The highest BCUT2D eigenvalue weighted by Crippen LogP contribution is 2.73. The molecule has 0 radical (unpaired) electrons. The normalized spacial score (nSPS) is 42.9. The lowest BCUT2D eigenvalue weighted by Crippen LogP contribution is -2.45. The number of hydrogen-bond acceptors (Lipinski definition) is 8. The molecule has 1 unspecified atom stereocenters. The third-order valence-corrected chi connectivity index (χ3v) is 3.16. The van der Waals surface area contributed by atoms with E-state index in [-0.39, 0.29) is 26.4 Å². The van der Waals surface area contributed by atoms with Crippen LogP contribution in [0.2, 0.25) is 0 Å². The highest BCUT2D eigenvalue weighted by atomic mass is 31.2. The Morgan fingerprint density at radius 1 is 1.33 bits per heavy atom. The number of aliphatic hydroxyl groups is 2. The lowest BCUT2D eigenvalue weighted by Gasteiger charge is -2.29. The van der Waals surface area contributed by atoms with Gasteiger partial charge < -0.3 is 19.7 Å². The fourth-order valence-corrected chi connectivity index (χ4v) is 2.50. The Hall–Kier alpha value is -0.0500. The molecule has 3 saturated heterocycles. The Balaban J connectivity index is 1.67. The number of phosphoric acid groups is 1. The largest absolute Gasteiger partial charge is 0.486 e. The summed E-state index contributed by atoms with van der Waals surface area (Å²) in [4.78, 5) is 0. The Morgan fingerprint density at radius 2 is 2.07 bits per heavy atom. The van der Waals surface area contributed by atoms with Crippen LogP contribution in [0, 0.1) is 0 Å². The standard InChI is InChI=1S/C6H11O8P/c7-1-2-10-3-4-11-5-6(8)13-15(9,12-5)14-6/h5,7-8H,1-4H2. The van der Waals surface area contributed by atoms with Gasteiger partial charge in [-0.1, -0.05) is 0 Å². The van der Waals surface area contributed by atoms with E-state index in [2.05, 4.69) is 13.6 Å². The van der Waals surface area contributed by atoms with E-state index < -0.39 is 20.1 Å². The van der Waals surface area contributed by atoms with Gasteiger partial charge in [0, 0.05) is 0 Å². The van der Waals surface area contributed by atoms with E-state index in [9.17, 15) is 9.67 Å². The molecular weight excluding hydrogens is 231 g/mol. The fourth-order valence-electron chi connectivity index (χ4n) is 1.16. The van der Waals surface area contributed by atoms with Gasteiger partial charge in [-0.25, -0.2) is 18.1 Å². The predicted molar refractivity (Wildman–Crippen MR) is 43.5 cm³/mol. The summed E-state index contributed by atoms with van der Waals surface area (Å²) >= 11 is 0. The van der Waals surface area contributed by atoms with Crippen molar-refractivity contribution in [2.45, 2.75) is 12.3 Å². The lowest BCUT2D eigenvalue weighted by atomic mass is 10.5. The first-order valence-corrected chi connectivity index (χ1v) is 5.77. The van der Waals surface area contributed by atoms with Gasteiger partial charge in [-0.05, 0) is 0 Å². The summed E-state index contributed by atoms with van der Waals surface area (Å²) < 4.78 is 34.5. The molecule has 0 aromatic carbocycles. The van der Waals surface area contributed by atoms with Crippen LogP contribution < -0.4 is 0 Å². The van der Waals surface area contributed by atoms with Crippen LogP contribution in [0.3, 0.4) is 0 Å². The predicted octanol–water partition coefficient (Wildman–Crippen LogP) is -0.831. The van der Waals surface area contributed by atoms with Gasteiger partial charge in [-0.3, -0.25) is 0 Å². The van der Waals surface area contributed by atoms with Crippen molar-refractivity contribution < 1.29 is 37.8 Å². The van der Waals surface area contributed by atoms with Crippen molar-refractivity contribution in [1.29, 1.82) is 0 Å². The molecule has 2 N–H and O–H groups in total. The molecule has 9 heteroatoms. The van der Waals surface area contributed by atoms with Gasteiger partial charge in [0.2, 0.25) is 0 Å². The number of ether oxygens (including phenoxy) is 2. The summed E-state index contributed by atoms with van der Waals surface area (Å²) in [6, 6.07) is 0. The average Bonchev–Trinajstić information content (AvgIpc) is 2.50. The molecule has 3 heterocycles. The molecule has 0 aliphatic carbocycles. The van der Waals surface area contributed by atoms with Crippen molar-refractivity contribution in [1.82, 2.24) is 0 Å². The summed E-state index contributed by atoms with van der Waals surface area (Å²) in [5, 5.41) is 17.7. The second-order valence-corrected chi connectivity index (χ2v) is 4.37. The Labute approximate surface area is 85.3 Å². The molecule has 2 bridgehead atoms. The van der Waals surface area contributed by atoms with E-state index >= 15 is 0 Å². The molecule has 88 valence electrons. The highest BCUT2D eigenvalue weighted by Gasteiger charge is 2.72. The molecule has 0 spiro atoms. The SMILES string of the molecule is O=P12OC(OCCOCCO)C(O)(O1)O2. The summed E-state index contributed by atoms with van der Waals surface area (Å²) in [5.74, 6) is -2.05. The molecule has 3 rings (SSSR count).